The van der Waals surface area contributed by atoms with E-state index >= 15 is 0 Å². The summed E-state index contributed by atoms with van der Waals surface area (Å²) in [6, 6.07) is 12.3. The van der Waals surface area contributed by atoms with Crippen LogP contribution in [0.1, 0.15) is 24.1 Å². The number of nitrogens with zero attached hydrogens (tertiary/aromatic N) is 3. The van der Waals surface area contributed by atoms with Crippen LogP contribution in [-0.4, -0.2) is 28.1 Å². The number of hydrogen-bond donors (Lipinski definition) is 1. The van der Waals surface area contributed by atoms with Crippen LogP contribution in [0, 0.1) is 5.92 Å². The van der Waals surface area contributed by atoms with Crippen LogP contribution in [0.4, 0.5) is 0 Å². The van der Waals surface area contributed by atoms with E-state index in [1.54, 1.807) is 0 Å². The van der Waals surface area contributed by atoms with E-state index in [-0.39, 0.29) is 0 Å². The second kappa shape index (κ2) is 6.91. The molecule has 0 amide bonds. The molecule has 0 saturated carbocycles. The number of fused-ring (bicyclic) bond motifs is 1. The fourth-order valence-corrected chi connectivity index (χ4v) is 3.76. The van der Waals surface area contributed by atoms with Gasteiger partial charge in [-0.1, -0.05) is 47.1 Å². The van der Waals surface area contributed by atoms with E-state index in [9.17, 15) is 0 Å². The van der Waals surface area contributed by atoms with Crippen molar-refractivity contribution in [2.75, 3.05) is 13.1 Å². The zero-order valence-electron chi connectivity index (χ0n) is 13.6. The molecule has 0 atom stereocenters. The van der Waals surface area contributed by atoms with Crippen molar-refractivity contribution >= 4 is 22.4 Å². The number of aromatic nitrogens is 3. The summed E-state index contributed by atoms with van der Waals surface area (Å²) in [5, 5.41) is 15.2. The van der Waals surface area contributed by atoms with E-state index in [1.165, 1.54) is 23.8 Å². The highest BCUT2D eigenvalue weighted by atomic mass is 35.5. The fraction of sp³-hybridized carbons (Fsp3) is 0.368. The molecule has 2 heterocycles. The van der Waals surface area contributed by atoms with Crippen LogP contribution >= 0.6 is 11.6 Å². The van der Waals surface area contributed by atoms with Crippen molar-refractivity contribution in [2.24, 2.45) is 5.92 Å². The van der Waals surface area contributed by atoms with Gasteiger partial charge in [0.2, 0.25) is 0 Å². The summed E-state index contributed by atoms with van der Waals surface area (Å²) in [4.78, 5) is 0. The molecule has 4 nitrogen and oxygen atoms in total. The maximum atomic E-state index is 6.30. The van der Waals surface area contributed by atoms with Crippen molar-refractivity contribution in [3.8, 4) is 0 Å². The van der Waals surface area contributed by atoms with E-state index in [4.69, 9.17) is 11.6 Å². The minimum atomic E-state index is 0.719. The lowest BCUT2D eigenvalue weighted by atomic mass is 9.93. The lowest BCUT2D eigenvalue weighted by molar-refractivity contribution is 0.370. The minimum absolute atomic E-state index is 0.719. The molecular formula is C19H21ClN4. The van der Waals surface area contributed by atoms with Gasteiger partial charge in [0.05, 0.1) is 12.2 Å². The second-order valence-electron chi connectivity index (χ2n) is 6.56. The average Bonchev–Trinajstić information content (AvgIpc) is 3.05. The summed E-state index contributed by atoms with van der Waals surface area (Å²) in [7, 11) is 0. The van der Waals surface area contributed by atoms with Gasteiger partial charge in [-0.05, 0) is 55.3 Å². The number of piperidine rings is 1. The van der Waals surface area contributed by atoms with Gasteiger partial charge in [-0.15, -0.1) is 5.10 Å². The largest absolute Gasteiger partial charge is 0.317 e. The van der Waals surface area contributed by atoms with Crippen LogP contribution in [0.25, 0.3) is 10.8 Å². The Morgan fingerprint density at radius 2 is 1.88 bits per heavy atom. The van der Waals surface area contributed by atoms with Crippen molar-refractivity contribution in [3.63, 3.8) is 0 Å². The SMILES string of the molecule is Clc1ccc(Cn2cc(CC3CCNCC3)nn2)c2ccccc12. The van der Waals surface area contributed by atoms with Gasteiger partial charge in [0, 0.05) is 16.6 Å². The first-order valence-electron chi connectivity index (χ1n) is 8.55. The molecule has 1 aromatic heterocycles. The normalized spacial score (nSPS) is 15.9. The molecule has 1 N–H and O–H groups in total. The van der Waals surface area contributed by atoms with E-state index in [1.807, 2.05) is 22.9 Å². The first kappa shape index (κ1) is 15.6. The van der Waals surface area contributed by atoms with Crippen LogP contribution in [0.2, 0.25) is 5.02 Å². The molecule has 3 aromatic rings. The number of benzene rings is 2. The third-order valence-electron chi connectivity index (χ3n) is 4.84. The van der Waals surface area contributed by atoms with Gasteiger partial charge in [-0.25, -0.2) is 4.68 Å². The number of hydrogen-bond acceptors (Lipinski definition) is 3. The van der Waals surface area contributed by atoms with Crippen LogP contribution < -0.4 is 5.32 Å². The molecule has 24 heavy (non-hydrogen) atoms. The lowest BCUT2D eigenvalue weighted by Crippen LogP contribution is -2.28. The Morgan fingerprint density at radius 3 is 2.71 bits per heavy atom. The molecule has 0 radical (unpaired) electrons. The van der Waals surface area contributed by atoms with Crippen molar-refractivity contribution in [1.82, 2.24) is 20.3 Å². The molecule has 5 heteroatoms. The third kappa shape index (κ3) is 3.30. The standard InChI is InChI=1S/C19H21ClN4/c20-19-6-5-15(17-3-1-2-4-18(17)19)12-24-13-16(22-23-24)11-14-7-9-21-10-8-14/h1-6,13-14,21H,7-12H2. The molecule has 124 valence electrons. The van der Waals surface area contributed by atoms with E-state index in [2.05, 4.69) is 40.0 Å². The van der Waals surface area contributed by atoms with Gasteiger partial charge >= 0.3 is 0 Å². The smallest absolute Gasteiger partial charge is 0.0830 e. The quantitative estimate of drug-likeness (QED) is 0.788. The molecular weight excluding hydrogens is 320 g/mol. The van der Waals surface area contributed by atoms with Crippen molar-refractivity contribution in [3.05, 3.63) is 58.9 Å². The summed E-state index contributed by atoms with van der Waals surface area (Å²) >= 11 is 6.30. The van der Waals surface area contributed by atoms with Crippen molar-refractivity contribution in [1.29, 1.82) is 0 Å². The minimum Gasteiger partial charge on any atom is -0.317 e. The van der Waals surface area contributed by atoms with Crippen LogP contribution in [0.15, 0.2) is 42.6 Å². The highest BCUT2D eigenvalue weighted by Crippen LogP contribution is 2.27. The van der Waals surface area contributed by atoms with Gasteiger partial charge in [0.1, 0.15) is 0 Å². The van der Waals surface area contributed by atoms with Crippen molar-refractivity contribution in [2.45, 2.75) is 25.8 Å². The number of rotatable bonds is 4. The second-order valence-corrected chi connectivity index (χ2v) is 6.96. The number of nitrogens with one attached hydrogen (secondary N) is 1. The fourth-order valence-electron chi connectivity index (χ4n) is 3.53. The first-order chi connectivity index (χ1) is 11.8. The zero-order valence-corrected chi connectivity index (χ0v) is 14.3. The van der Waals surface area contributed by atoms with E-state index in [0.29, 0.717) is 0 Å². The molecule has 1 fully saturated rings. The first-order valence-corrected chi connectivity index (χ1v) is 8.93. The van der Waals surface area contributed by atoms with E-state index < -0.39 is 0 Å². The van der Waals surface area contributed by atoms with Crippen LogP contribution in [-0.2, 0) is 13.0 Å². The molecule has 0 unspecified atom stereocenters. The highest BCUT2D eigenvalue weighted by Gasteiger charge is 2.15. The predicted octanol–water partition coefficient (Wildman–Crippen LogP) is 3.68. The highest BCUT2D eigenvalue weighted by molar-refractivity contribution is 6.35. The topological polar surface area (TPSA) is 42.7 Å². The molecule has 1 aliphatic rings. The Labute approximate surface area is 146 Å². The van der Waals surface area contributed by atoms with Crippen LogP contribution in [0.3, 0.4) is 0 Å². The predicted molar refractivity (Wildman–Crippen MR) is 97.4 cm³/mol. The Hall–Kier alpha value is -1.91. The van der Waals surface area contributed by atoms with Gasteiger partial charge in [-0.3, -0.25) is 0 Å². The maximum absolute atomic E-state index is 6.30. The summed E-state index contributed by atoms with van der Waals surface area (Å²) in [6.07, 6.45) is 5.58. The van der Waals surface area contributed by atoms with Gasteiger partial charge in [0.25, 0.3) is 0 Å². The third-order valence-corrected chi connectivity index (χ3v) is 5.17. The number of halogens is 1. The molecule has 0 bridgehead atoms. The average molecular weight is 341 g/mol. The molecule has 1 saturated heterocycles. The molecule has 2 aromatic carbocycles. The van der Waals surface area contributed by atoms with Gasteiger partial charge in [0.15, 0.2) is 0 Å². The molecule has 4 rings (SSSR count). The van der Waals surface area contributed by atoms with Gasteiger partial charge in [-0.2, -0.15) is 0 Å². The Balaban J connectivity index is 1.53. The van der Waals surface area contributed by atoms with Crippen LogP contribution in [0.5, 0.6) is 0 Å². The summed E-state index contributed by atoms with van der Waals surface area (Å²) in [5.74, 6) is 0.729. The van der Waals surface area contributed by atoms with Crippen molar-refractivity contribution < 1.29 is 0 Å². The Bertz CT molecular complexity index is 836. The summed E-state index contributed by atoms with van der Waals surface area (Å²) in [6.45, 7) is 2.96. The maximum Gasteiger partial charge on any atom is 0.0830 e. The summed E-state index contributed by atoms with van der Waals surface area (Å²) in [5.41, 5.74) is 2.31. The van der Waals surface area contributed by atoms with E-state index in [0.717, 1.165) is 48.1 Å². The molecule has 1 aliphatic heterocycles. The Morgan fingerprint density at radius 1 is 1.08 bits per heavy atom. The lowest BCUT2D eigenvalue weighted by Gasteiger charge is -2.21. The molecule has 0 spiro atoms. The monoisotopic (exact) mass is 340 g/mol. The molecule has 0 aliphatic carbocycles. The summed E-state index contributed by atoms with van der Waals surface area (Å²) < 4.78 is 1.94. The Kier molecular flexibility index (Phi) is 4.50. The van der Waals surface area contributed by atoms with Gasteiger partial charge < -0.3 is 5.32 Å². The zero-order chi connectivity index (χ0) is 16.4.